The maximum absolute atomic E-state index is 12.9. The normalized spacial score (nSPS) is 13.9. The number of para-hydroxylation sites is 1. The number of benzene rings is 3. The van der Waals surface area contributed by atoms with Gasteiger partial charge >= 0.3 is 24.6 Å². The summed E-state index contributed by atoms with van der Waals surface area (Å²) in [6, 6.07) is 24.5. The Hall–Kier alpha value is -3.03. The van der Waals surface area contributed by atoms with Crippen molar-refractivity contribution in [2.24, 2.45) is 0 Å². The monoisotopic (exact) mass is 716 g/mol. The van der Waals surface area contributed by atoms with Gasteiger partial charge in [0.25, 0.3) is 0 Å². The Morgan fingerprint density at radius 1 is 0.920 bits per heavy atom. The average molecular weight is 718 g/mol. The van der Waals surface area contributed by atoms with Crippen molar-refractivity contribution in [1.82, 2.24) is 24.6 Å². The van der Waals surface area contributed by atoms with Crippen molar-refractivity contribution in [1.29, 1.82) is 0 Å². The molecule has 0 amide bonds. The quantitative estimate of drug-likeness (QED) is 0.166. The Kier molecular flexibility index (Phi) is 16.7. The van der Waals surface area contributed by atoms with Crippen molar-refractivity contribution in [2.45, 2.75) is 72.1 Å². The minimum absolute atomic E-state index is 0. The molecule has 266 valence electrons. The molecule has 0 aliphatic carbocycles. The molecule has 1 aliphatic rings. The number of piperazine rings is 1. The van der Waals surface area contributed by atoms with Gasteiger partial charge < -0.3 is 16.4 Å². The summed E-state index contributed by atoms with van der Waals surface area (Å²) in [4.78, 5) is 29.8. The number of ketones is 1. The number of carbonyl (C=O) groups excluding carboxylic acids is 1. The van der Waals surface area contributed by atoms with Crippen LogP contribution in [0.2, 0.25) is 10.0 Å². The molecule has 5 rings (SSSR count). The van der Waals surface area contributed by atoms with Gasteiger partial charge in [-0.3, -0.25) is 14.3 Å². The minimum Gasteiger partial charge on any atom is -1.00 e. The zero-order chi connectivity index (χ0) is 35.4. The molecule has 0 radical (unpaired) electrons. The standard InChI is InChI=1S/C25H32ClN5O2.C13H18ClNO.Li.H/c1-2-24-27-31(25(32)30(24)18-19-33-23-10-4-3-5-11-23)13-7-12-28-14-16-29(17-15-28)22-9-6-8-21(26)20-22;1-9(15-13(2,3)4)12(16)10-6-5-7-11(14)8-10;;/h3-6,8-11,20H,2,7,12-19H2,1H3;5-9,15H,1-4H3;;/q;;+1;-1. The smallest absolute Gasteiger partial charge is 1.00 e. The van der Waals surface area contributed by atoms with E-state index in [1.165, 1.54) is 5.69 Å². The van der Waals surface area contributed by atoms with E-state index in [4.69, 9.17) is 27.9 Å². The zero-order valence-electron chi connectivity index (χ0n) is 31.4. The molecule has 0 spiro atoms. The molecule has 4 aromatic rings. The summed E-state index contributed by atoms with van der Waals surface area (Å²) in [7, 11) is 0. The Labute approximate surface area is 320 Å². The van der Waals surface area contributed by atoms with Crippen molar-refractivity contribution in [3.8, 4) is 5.75 Å². The molecule has 1 unspecified atom stereocenters. The molecule has 1 saturated heterocycles. The number of halogens is 2. The predicted octanol–water partition coefficient (Wildman–Crippen LogP) is 3.97. The van der Waals surface area contributed by atoms with Crippen LogP contribution in [0.1, 0.15) is 58.6 Å². The first kappa shape index (κ1) is 41.4. The third kappa shape index (κ3) is 12.9. The van der Waals surface area contributed by atoms with Gasteiger partial charge in [0.05, 0.1) is 12.6 Å². The van der Waals surface area contributed by atoms with Gasteiger partial charge in [-0.15, -0.1) is 0 Å². The van der Waals surface area contributed by atoms with Crippen LogP contribution in [0, 0.1) is 0 Å². The molecule has 12 heteroatoms. The molecule has 1 aromatic heterocycles. The number of rotatable bonds is 13. The second kappa shape index (κ2) is 20.1. The largest absolute Gasteiger partial charge is 1.00 e. The van der Waals surface area contributed by atoms with Crippen LogP contribution < -0.4 is 39.5 Å². The topological polar surface area (TPSA) is 84.6 Å². The van der Waals surface area contributed by atoms with E-state index >= 15 is 0 Å². The van der Waals surface area contributed by atoms with Gasteiger partial charge in [0, 0.05) is 72.5 Å². The average Bonchev–Trinajstić information content (AvgIpc) is 3.38. The Balaban J connectivity index is 0.000000426. The molecule has 2 heterocycles. The molecule has 1 N–H and O–H groups in total. The van der Waals surface area contributed by atoms with E-state index in [2.05, 4.69) is 26.3 Å². The number of nitrogens with zero attached hydrogens (tertiary/aromatic N) is 5. The van der Waals surface area contributed by atoms with Gasteiger partial charge in [-0.05, 0) is 76.6 Å². The second-order valence-corrected chi connectivity index (χ2v) is 14.1. The van der Waals surface area contributed by atoms with Gasteiger partial charge in [0.2, 0.25) is 0 Å². The van der Waals surface area contributed by atoms with Crippen LogP contribution in [0.5, 0.6) is 5.75 Å². The maximum atomic E-state index is 12.9. The van der Waals surface area contributed by atoms with Crippen LogP contribution in [-0.4, -0.2) is 75.9 Å². The van der Waals surface area contributed by atoms with E-state index in [9.17, 15) is 9.59 Å². The van der Waals surface area contributed by atoms with Crippen LogP contribution in [0.3, 0.4) is 0 Å². The summed E-state index contributed by atoms with van der Waals surface area (Å²) in [6.07, 6.45) is 1.62. The summed E-state index contributed by atoms with van der Waals surface area (Å²) < 4.78 is 9.12. The van der Waals surface area contributed by atoms with Crippen LogP contribution in [0.25, 0.3) is 0 Å². The number of hydrogen-bond donors (Lipinski definition) is 1. The number of Topliss-reactive ketones (excluding diaryl/α,β-unsaturated/α-hetero) is 1. The summed E-state index contributed by atoms with van der Waals surface area (Å²) in [5.41, 5.74) is 1.71. The number of aryl methyl sites for hydroxylation is 2. The number of hydrogen-bond acceptors (Lipinski definition) is 7. The number of ether oxygens (including phenoxy) is 1. The third-order valence-electron chi connectivity index (χ3n) is 8.18. The number of nitrogens with one attached hydrogen (secondary N) is 1. The van der Waals surface area contributed by atoms with Gasteiger partial charge in [-0.2, -0.15) is 5.10 Å². The maximum Gasteiger partial charge on any atom is 1.00 e. The summed E-state index contributed by atoms with van der Waals surface area (Å²) in [5.74, 6) is 1.69. The van der Waals surface area contributed by atoms with E-state index in [0.29, 0.717) is 30.3 Å². The molecule has 0 saturated carbocycles. The van der Waals surface area contributed by atoms with E-state index in [0.717, 1.165) is 62.2 Å². The van der Waals surface area contributed by atoms with Crippen molar-refractivity contribution >= 4 is 34.7 Å². The Morgan fingerprint density at radius 3 is 2.20 bits per heavy atom. The van der Waals surface area contributed by atoms with Crippen LogP contribution in [0.4, 0.5) is 5.69 Å². The Morgan fingerprint density at radius 2 is 1.58 bits per heavy atom. The summed E-state index contributed by atoms with van der Waals surface area (Å²) in [5, 5.41) is 9.18. The third-order valence-corrected chi connectivity index (χ3v) is 8.65. The predicted molar refractivity (Wildman–Crippen MR) is 202 cm³/mol. The van der Waals surface area contributed by atoms with Gasteiger partial charge in [-0.25, -0.2) is 9.48 Å². The molecule has 1 atom stereocenters. The fourth-order valence-electron chi connectivity index (χ4n) is 5.84. The molecule has 0 bridgehead atoms. The summed E-state index contributed by atoms with van der Waals surface area (Å²) in [6.45, 7) is 16.5. The van der Waals surface area contributed by atoms with Crippen LogP contribution >= 0.6 is 23.2 Å². The van der Waals surface area contributed by atoms with Crippen molar-refractivity contribution < 1.29 is 29.8 Å². The van der Waals surface area contributed by atoms with E-state index in [1.807, 2.05) is 83.1 Å². The first-order chi connectivity index (χ1) is 23.4. The van der Waals surface area contributed by atoms with Crippen LogP contribution in [-0.2, 0) is 19.5 Å². The molecule has 1 fully saturated rings. The SMILES string of the molecule is CC(NC(C)(C)C)C(=O)c1cccc(Cl)c1.CCc1nn(CCCN2CCN(c3cccc(Cl)c3)CC2)c(=O)n1CCOc1ccccc1.[H-].[Li+]. The number of carbonyl (C=O) groups is 1. The first-order valence-electron chi connectivity index (χ1n) is 17.1. The fourth-order valence-corrected chi connectivity index (χ4v) is 6.22. The van der Waals surface area contributed by atoms with E-state index in [1.54, 1.807) is 33.5 Å². The number of anilines is 1. The molecular weight excluding hydrogens is 666 g/mol. The zero-order valence-corrected chi connectivity index (χ0v) is 31.9. The summed E-state index contributed by atoms with van der Waals surface area (Å²) >= 11 is 12.0. The van der Waals surface area contributed by atoms with Gasteiger partial charge in [0.15, 0.2) is 5.78 Å². The molecule has 9 nitrogen and oxygen atoms in total. The second-order valence-electron chi connectivity index (χ2n) is 13.2. The minimum atomic E-state index is -0.210. The Bertz CT molecular complexity index is 1690. The van der Waals surface area contributed by atoms with Gasteiger partial charge in [-0.1, -0.05) is 66.5 Å². The van der Waals surface area contributed by atoms with Crippen molar-refractivity contribution in [2.75, 3.05) is 44.2 Å². The van der Waals surface area contributed by atoms with Crippen LogP contribution in [0.15, 0.2) is 83.7 Å². The van der Waals surface area contributed by atoms with Gasteiger partial charge in [0.1, 0.15) is 18.2 Å². The van der Waals surface area contributed by atoms with Crippen molar-refractivity contribution in [3.05, 3.63) is 111 Å². The number of aromatic nitrogens is 3. The molecule has 3 aromatic carbocycles. The molecular formula is C38H51Cl2LiN6O3. The van der Waals surface area contributed by atoms with E-state index < -0.39 is 0 Å². The molecule has 50 heavy (non-hydrogen) atoms. The van der Waals surface area contributed by atoms with Crippen molar-refractivity contribution in [3.63, 3.8) is 0 Å². The first-order valence-corrected chi connectivity index (χ1v) is 17.8. The fraction of sp³-hybridized carbons (Fsp3) is 0.447. The molecule has 1 aliphatic heterocycles. The van der Waals surface area contributed by atoms with E-state index in [-0.39, 0.29) is 43.3 Å².